The minimum atomic E-state index is -0.237. The second kappa shape index (κ2) is 6.56. The van der Waals surface area contributed by atoms with Crippen LogP contribution < -0.4 is 5.73 Å². The van der Waals surface area contributed by atoms with Crippen LogP contribution in [0.3, 0.4) is 0 Å². The minimum absolute atomic E-state index is 0.0342. The Bertz CT molecular complexity index is 424. The SMILES string of the molecule is COCCN(C(=O)c1nc(N)ccc1Cl)C(C)C. The number of rotatable bonds is 5. The van der Waals surface area contributed by atoms with Crippen molar-refractivity contribution in [3.05, 3.63) is 22.8 Å². The molecule has 18 heavy (non-hydrogen) atoms. The van der Waals surface area contributed by atoms with Gasteiger partial charge in [0.05, 0.1) is 11.6 Å². The molecule has 0 aliphatic carbocycles. The Balaban J connectivity index is 2.98. The lowest BCUT2D eigenvalue weighted by Crippen LogP contribution is -2.39. The van der Waals surface area contributed by atoms with Gasteiger partial charge in [0.2, 0.25) is 0 Å². The number of nitrogen functional groups attached to an aromatic ring is 1. The average Bonchev–Trinajstić information content (AvgIpc) is 2.32. The van der Waals surface area contributed by atoms with Gasteiger partial charge in [-0.25, -0.2) is 4.98 Å². The van der Waals surface area contributed by atoms with E-state index < -0.39 is 0 Å². The Labute approximate surface area is 112 Å². The van der Waals surface area contributed by atoms with Crippen molar-refractivity contribution in [2.75, 3.05) is 26.0 Å². The van der Waals surface area contributed by atoms with Crippen LogP contribution in [0.15, 0.2) is 12.1 Å². The van der Waals surface area contributed by atoms with Crippen molar-refractivity contribution in [2.24, 2.45) is 0 Å². The number of ether oxygens (including phenoxy) is 1. The molecule has 0 aliphatic heterocycles. The normalized spacial score (nSPS) is 10.7. The molecule has 0 spiro atoms. The van der Waals surface area contributed by atoms with Gasteiger partial charge in [0.1, 0.15) is 11.5 Å². The summed E-state index contributed by atoms with van der Waals surface area (Å²) >= 11 is 5.98. The first-order valence-corrected chi connectivity index (χ1v) is 6.07. The summed E-state index contributed by atoms with van der Waals surface area (Å²) in [7, 11) is 1.59. The van der Waals surface area contributed by atoms with Gasteiger partial charge in [-0.3, -0.25) is 4.79 Å². The molecule has 2 N–H and O–H groups in total. The summed E-state index contributed by atoms with van der Waals surface area (Å²) in [5.74, 6) is 0.0394. The maximum atomic E-state index is 12.3. The van der Waals surface area contributed by atoms with Crippen LogP contribution in [-0.2, 0) is 4.74 Å². The van der Waals surface area contributed by atoms with E-state index in [2.05, 4.69) is 4.98 Å². The van der Waals surface area contributed by atoms with E-state index in [4.69, 9.17) is 22.1 Å². The van der Waals surface area contributed by atoms with Gasteiger partial charge >= 0.3 is 0 Å². The van der Waals surface area contributed by atoms with Crippen molar-refractivity contribution in [1.82, 2.24) is 9.88 Å². The topological polar surface area (TPSA) is 68.5 Å². The van der Waals surface area contributed by atoms with E-state index in [0.29, 0.717) is 18.2 Å². The smallest absolute Gasteiger partial charge is 0.274 e. The number of anilines is 1. The average molecular weight is 272 g/mol. The molecule has 1 amide bonds. The first-order chi connectivity index (χ1) is 8.47. The summed E-state index contributed by atoms with van der Waals surface area (Å²) in [6.45, 7) is 4.80. The number of pyridine rings is 1. The second-order valence-electron chi connectivity index (χ2n) is 4.15. The number of nitrogens with zero attached hydrogens (tertiary/aromatic N) is 2. The van der Waals surface area contributed by atoms with E-state index in [1.54, 1.807) is 24.1 Å². The molecule has 6 heteroatoms. The standard InChI is InChI=1S/C12H18ClN3O2/c1-8(2)16(6-7-18-3)12(17)11-9(13)4-5-10(14)15-11/h4-5,8H,6-7H2,1-3H3,(H2,14,15). The third-order valence-electron chi connectivity index (χ3n) is 2.49. The van der Waals surface area contributed by atoms with Crippen molar-refractivity contribution in [3.8, 4) is 0 Å². The number of amides is 1. The van der Waals surface area contributed by atoms with Gasteiger partial charge in [0, 0.05) is 19.7 Å². The monoisotopic (exact) mass is 271 g/mol. The Morgan fingerprint density at radius 2 is 2.22 bits per heavy atom. The highest BCUT2D eigenvalue weighted by molar-refractivity contribution is 6.33. The summed E-state index contributed by atoms with van der Waals surface area (Å²) in [5.41, 5.74) is 5.76. The molecule has 0 saturated heterocycles. The van der Waals surface area contributed by atoms with Gasteiger partial charge < -0.3 is 15.4 Å². The maximum absolute atomic E-state index is 12.3. The van der Waals surface area contributed by atoms with E-state index in [-0.39, 0.29) is 23.5 Å². The fourth-order valence-corrected chi connectivity index (χ4v) is 1.71. The molecule has 0 saturated carbocycles. The van der Waals surface area contributed by atoms with Gasteiger partial charge in [-0.1, -0.05) is 11.6 Å². The quantitative estimate of drug-likeness (QED) is 0.887. The molecule has 1 aromatic heterocycles. The molecule has 1 rings (SSSR count). The zero-order valence-electron chi connectivity index (χ0n) is 10.8. The zero-order valence-corrected chi connectivity index (χ0v) is 11.6. The maximum Gasteiger partial charge on any atom is 0.274 e. The summed E-state index contributed by atoms with van der Waals surface area (Å²) in [4.78, 5) is 18.0. The van der Waals surface area contributed by atoms with E-state index in [1.165, 1.54) is 0 Å². The van der Waals surface area contributed by atoms with Crippen molar-refractivity contribution in [2.45, 2.75) is 19.9 Å². The summed E-state index contributed by atoms with van der Waals surface area (Å²) in [5, 5.41) is 0.303. The highest BCUT2D eigenvalue weighted by Crippen LogP contribution is 2.18. The predicted octanol–water partition coefficient (Wildman–Crippen LogP) is 1.81. The van der Waals surface area contributed by atoms with E-state index in [0.717, 1.165) is 0 Å². The number of halogens is 1. The number of aromatic nitrogens is 1. The second-order valence-corrected chi connectivity index (χ2v) is 4.56. The number of carbonyl (C=O) groups excluding carboxylic acids is 1. The molecule has 1 heterocycles. The molecular formula is C12H18ClN3O2. The Hall–Kier alpha value is -1.33. The third kappa shape index (κ3) is 3.58. The highest BCUT2D eigenvalue weighted by atomic mass is 35.5. The molecule has 0 atom stereocenters. The van der Waals surface area contributed by atoms with Crippen molar-refractivity contribution in [1.29, 1.82) is 0 Å². The van der Waals surface area contributed by atoms with Gasteiger partial charge in [-0.15, -0.1) is 0 Å². The molecule has 100 valence electrons. The lowest BCUT2D eigenvalue weighted by Gasteiger charge is -2.26. The first kappa shape index (κ1) is 14.7. The van der Waals surface area contributed by atoms with Crippen LogP contribution >= 0.6 is 11.6 Å². The summed E-state index contributed by atoms with van der Waals surface area (Å²) < 4.78 is 4.99. The van der Waals surface area contributed by atoms with Crippen LogP contribution in [0.4, 0.5) is 5.82 Å². The number of hydrogen-bond donors (Lipinski definition) is 1. The van der Waals surface area contributed by atoms with Crippen LogP contribution in [0.5, 0.6) is 0 Å². The fraction of sp³-hybridized carbons (Fsp3) is 0.500. The van der Waals surface area contributed by atoms with Crippen molar-refractivity contribution < 1.29 is 9.53 Å². The van der Waals surface area contributed by atoms with Crippen LogP contribution in [0.2, 0.25) is 5.02 Å². The van der Waals surface area contributed by atoms with Crippen LogP contribution in [-0.4, -0.2) is 42.1 Å². The third-order valence-corrected chi connectivity index (χ3v) is 2.80. The van der Waals surface area contributed by atoms with Crippen LogP contribution in [0, 0.1) is 0 Å². The highest BCUT2D eigenvalue weighted by Gasteiger charge is 2.22. The molecule has 0 unspecified atom stereocenters. The van der Waals surface area contributed by atoms with E-state index in [1.807, 2.05) is 13.8 Å². The van der Waals surface area contributed by atoms with Crippen LogP contribution in [0.1, 0.15) is 24.3 Å². The van der Waals surface area contributed by atoms with Crippen molar-refractivity contribution >= 4 is 23.3 Å². The summed E-state index contributed by atoms with van der Waals surface area (Å²) in [6.07, 6.45) is 0. The van der Waals surface area contributed by atoms with Gasteiger partial charge in [0.25, 0.3) is 5.91 Å². The van der Waals surface area contributed by atoms with Gasteiger partial charge in [-0.05, 0) is 26.0 Å². The molecular weight excluding hydrogens is 254 g/mol. The number of hydrogen-bond acceptors (Lipinski definition) is 4. The van der Waals surface area contributed by atoms with Gasteiger partial charge in [-0.2, -0.15) is 0 Å². The lowest BCUT2D eigenvalue weighted by molar-refractivity contribution is 0.0629. The summed E-state index contributed by atoms with van der Waals surface area (Å²) in [6, 6.07) is 3.17. The number of nitrogens with two attached hydrogens (primary N) is 1. The first-order valence-electron chi connectivity index (χ1n) is 5.69. The Morgan fingerprint density at radius 3 is 2.78 bits per heavy atom. The molecule has 5 nitrogen and oxygen atoms in total. The molecule has 1 aromatic rings. The van der Waals surface area contributed by atoms with Crippen molar-refractivity contribution in [3.63, 3.8) is 0 Å². The fourth-order valence-electron chi connectivity index (χ4n) is 1.53. The Morgan fingerprint density at radius 1 is 1.56 bits per heavy atom. The lowest BCUT2D eigenvalue weighted by atomic mass is 10.2. The predicted molar refractivity (Wildman–Crippen MR) is 71.7 cm³/mol. The number of carbonyl (C=O) groups is 1. The Kier molecular flexibility index (Phi) is 5.37. The van der Waals surface area contributed by atoms with E-state index in [9.17, 15) is 4.79 Å². The van der Waals surface area contributed by atoms with E-state index >= 15 is 0 Å². The molecule has 0 radical (unpaired) electrons. The number of methoxy groups -OCH3 is 1. The van der Waals surface area contributed by atoms with Gasteiger partial charge in [0.15, 0.2) is 0 Å². The minimum Gasteiger partial charge on any atom is -0.384 e. The molecule has 0 fully saturated rings. The largest absolute Gasteiger partial charge is 0.384 e. The zero-order chi connectivity index (χ0) is 13.7. The van der Waals surface area contributed by atoms with Crippen LogP contribution in [0.25, 0.3) is 0 Å². The molecule has 0 aromatic carbocycles. The molecule has 0 aliphatic rings. The molecule has 0 bridgehead atoms.